The van der Waals surface area contributed by atoms with Crippen molar-refractivity contribution >= 4 is 24.7 Å². The lowest BCUT2D eigenvalue weighted by atomic mass is 10.0. The normalized spacial score (nSPS) is 28.5. The summed E-state index contributed by atoms with van der Waals surface area (Å²) < 4.78 is 15.1. The van der Waals surface area contributed by atoms with Crippen molar-refractivity contribution in [3.8, 4) is 0 Å². The minimum atomic E-state index is -4.67. The molecule has 1 aliphatic rings. The molecule has 1 fully saturated rings. The Hall–Kier alpha value is -1.59. The van der Waals surface area contributed by atoms with E-state index in [2.05, 4.69) is 24.8 Å². The Labute approximate surface area is 129 Å². The van der Waals surface area contributed by atoms with Crippen molar-refractivity contribution in [2.75, 3.05) is 12.3 Å². The zero-order valence-corrected chi connectivity index (χ0v) is 12.6. The second kappa shape index (κ2) is 5.80. The second-order valence-corrected chi connectivity index (χ2v) is 6.48. The molecule has 0 bridgehead atoms. The summed E-state index contributed by atoms with van der Waals surface area (Å²) in [5.74, 6) is 0.246. The molecule has 0 aliphatic carbocycles. The Balaban J connectivity index is 1.85. The summed E-state index contributed by atoms with van der Waals surface area (Å²) in [4.78, 5) is 28.3. The lowest BCUT2D eigenvalue weighted by molar-refractivity contribution is 0.0192. The van der Waals surface area contributed by atoms with Gasteiger partial charge in [0.25, 0.3) is 0 Å². The molecule has 3 heterocycles. The lowest BCUT2D eigenvalue weighted by Crippen LogP contribution is -2.36. The Morgan fingerprint density at radius 3 is 2.74 bits per heavy atom. The predicted molar refractivity (Wildman–Crippen MR) is 78.0 cm³/mol. The number of rotatable bonds is 4. The molecule has 12 heteroatoms. The van der Waals surface area contributed by atoms with Crippen LogP contribution in [-0.4, -0.2) is 59.8 Å². The van der Waals surface area contributed by atoms with Gasteiger partial charge in [0.05, 0.1) is 30.3 Å². The number of aromatic amines is 1. The first-order chi connectivity index (χ1) is 10.8. The number of nitrogens with zero attached hydrogens (tertiary/aromatic N) is 2. The van der Waals surface area contributed by atoms with Crippen LogP contribution < -0.4 is 11.1 Å². The predicted octanol–water partition coefficient (Wildman–Crippen LogP) is -1.62. The van der Waals surface area contributed by atoms with Crippen LogP contribution in [0.4, 0.5) is 5.82 Å². The van der Waals surface area contributed by atoms with E-state index in [9.17, 15) is 14.8 Å². The van der Waals surface area contributed by atoms with Crippen LogP contribution in [-0.2, 0) is 9.09 Å². The van der Waals surface area contributed by atoms with E-state index in [0.717, 1.165) is 0 Å². The molecular formula is C11H16N5O6P. The fourth-order valence-electron chi connectivity index (χ4n) is 2.68. The summed E-state index contributed by atoms with van der Waals surface area (Å²) in [6.45, 7) is -0.460. The molecule has 0 saturated carbocycles. The number of nitrogens with two attached hydrogens (primary N) is 1. The molecule has 0 aromatic carbocycles. The monoisotopic (exact) mass is 345 g/mol. The van der Waals surface area contributed by atoms with Gasteiger partial charge in [-0.25, -0.2) is 14.5 Å². The fourth-order valence-corrected chi connectivity index (χ4v) is 3.03. The average molecular weight is 345 g/mol. The largest absolute Gasteiger partial charge is 0.469 e. The molecule has 11 nitrogen and oxygen atoms in total. The van der Waals surface area contributed by atoms with Gasteiger partial charge in [-0.05, 0) is 0 Å². The van der Waals surface area contributed by atoms with Gasteiger partial charge in [-0.3, -0.25) is 4.52 Å². The highest BCUT2D eigenvalue weighted by molar-refractivity contribution is 7.46. The van der Waals surface area contributed by atoms with Crippen LogP contribution in [0.25, 0.3) is 11.0 Å². The lowest BCUT2D eigenvalue weighted by Gasteiger charge is -2.15. The Bertz CT molecular complexity index is 762. The van der Waals surface area contributed by atoms with Crippen LogP contribution in [0.15, 0.2) is 12.5 Å². The Kier molecular flexibility index (Phi) is 4.10. The van der Waals surface area contributed by atoms with Crippen LogP contribution in [0.1, 0.15) is 11.6 Å². The molecule has 0 spiro atoms. The molecular weight excluding hydrogens is 329 g/mol. The summed E-state index contributed by atoms with van der Waals surface area (Å²) in [6.07, 6.45) is 0.377. The van der Waals surface area contributed by atoms with E-state index in [4.69, 9.17) is 15.5 Å². The van der Waals surface area contributed by atoms with Gasteiger partial charge >= 0.3 is 7.82 Å². The summed E-state index contributed by atoms with van der Waals surface area (Å²) >= 11 is 0. The number of aliphatic hydroxyl groups excluding tert-OH is 2. The zero-order chi connectivity index (χ0) is 16.8. The van der Waals surface area contributed by atoms with E-state index in [0.29, 0.717) is 16.6 Å². The number of phosphoric acid groups is 1. The van der Waals surface area contributed by atoms with Gasteiger partial charge in [0.15, 0.2) is 5.82 Å². The summed E-state index contributed by atoms with van der Waals surface area (Å²) in [7, 11) is -4.67. The first kappa shape index (κ1) is 16.3. The van der Waals surface area contributed by atoms with Crippen molar-refractivity contribution in [2.45, 2.75) is 24.3 Å². The molecule has 23 heavy (non-hydrogen) atoms. The molecule has 1 aliphatic heterocycles. The number of aromatic nitrogens is 3. The Morgan fingerprint density at radius 2 is 2.04 bits per heavy atom. The van der Waals surface area contributed by atoms with Gasteiger partial charge in [-0.2, -0.15) is 0 Å². The van der Waals surface area contributed by atoms with Gasteiger partial charge in [0, 0.05) is 11.8 Å². The van der Waals surface area contributed by atoms with Crippen molar-refractivity contribution in [3.05, 3.63) is 18.1 Å². The standard InChI is InChI=1S/C11H16N5O6P/c12-11-8-6(14-3-15-11)4(1-13-8)7-10(18)9(17)5(16-7)2-22-23(19,20)21/h1,3,5,7,9-10,13,16-18H,2H2,(H2,12,14,15)(H2,19,20,21). The van der Waals surface area contributed by atoms with E-state index in [1.165, 1.54) is 6.33 Å². The highest BCUT2D eigenvalue weighted by Gasteiger charge is 2.43. The van der Waals surface area contributed by atoms with Gasteiger partial charge < -0.3 is 36.0 Å². The van der Waals surface area contributed by atoms with Crippen molar-refractivity contribution in [1.29, 1.82) is 0 Å². The van der Waals surface area contributed by atoms with Crippen molar-refractivity contribution < 1.29 is 29.1 Å². The topological polar surface area (TPSA) is 187 Å². The van der Waals surface area contributed by atoms with Gasteiger partial charge in [-0.1, -0.05) is 0 Å². The third-order valence-corrected chi connectivity index (χ3v) is 4.26. The molecule has 1 saturated heterocycles. The SMILES string of the molecule is Nc1ncnc2c(C3NC(COP(=O)(O)O)C(O)C3O)c[nH]c12. The summed E-state index contributed by atoms with van der Waals surface area (Å²) in [6, 6.07) is -1.56. The maximum atomic E-state index is 10.8. The van der Waals surface area contributed by atoms with E-state index in [-0.39, 0.29) is 5.82 Å². The number of nitrogen functional groups attached to an aromatic ring is 1. The fraction of sp³-hybridized carbons (Fsp3) is 0.455. The molecule has 8 N–H and O–H groups in total. The number of hydrogen-bond acceptors (Lipinski definition) is 8. The zero-order valence-electron chi connectivity index (χ0n) is 11.7. The highest BCUT2D eigenvalue weighted by Crippen LogP contribution is 2.38. The minimum absolute atomic E-state index is 0.246. The third kappa shape index (κ3) is 3.08. The number of nitrogens with one attached hydrogen (secondary N) is 2. The van der Waals surface area contributed by atoms with Gasteiger partial charge in [0.1, 0.15) is 17.9 Å². The maximum absolute atomic E-state index is 10.8. The van der Waals surface area contributed by atoms with E-state index < -0.39 is 38.7 Å². The van der Waals surface area contributed by atoms with Gasteiger partial charge in [0.2, 0.25) is 0 Å². The highest BCUT2D eigenvalue weighted by atomic mass is 31.2. The second-order valence-electron chi connectivity index (χ2n) is 5.24. The van der Waals surface area contributed by atoms with Gasteiger partial charge in [-0.15, -0.1) is 0 Å². The molecule has 0 amide bonds. The summed E-state index contributed by atoms with van der Waals surface area (Å²) in [5.41, 5.74) is 7.27. The van der Waals surface area contributed by atoms with Crippen molar-refractivity contribution in [1.82, 2.24) is 20.3 Å². The van der Waals surface area contributed by atoms with Crippen LogP contribution in [0, 0.1) is 0 Å². The molecule has 3 rings (SSSR count). The number of H-pyrrole nitrogens is 1. The van der Waals surface area contributed by atoms with Crippen molar-refractivity contribution in [3.63, 3.8) is 0 Å². The number of phosphoric ester groups is 1. The minimum Gasteiger partial charge on any atom is -0.389 e. The number of aliphatic hydroxyl groups is 2. The number of hydrogen-bond donors (Lipinski definition) is 7. The molecule has 126 valence electrons. The van der Waals surface area contributed by atoms with E-state index >= 15 is 0 Å². The average Bonchev–Trinajstić information content (AvgIpc) is 3.01. The first-order valence-electron chi connectivity index (χ1n) is 6.67. The molecule has 2 aromatic rings. The quantitative estimate of drug-likeness (QED) is 0.317. The Morgan fingerprint density at radius 1 is 1.30 bits per heavy atom. The molecule has 2 aromatic heterocycles. The summed E-state index contributed by atoms with van der Waals surface area (Å²) in [5, 5.41) is 23.1. The van der Waals surface area contributed by atoms with Crippen LogP contribution in [0.2, 0.25) is 0 Å². The van der Waals surface area contributed by atoms with Crippen LogP contribution in [0.5, 0.6) is 0 Å². The maximum Gasteiger partial charge on any atom is 0.469 e. The van der Waals surface area contributed by atoms with Crippen LogP contribution >= 0.6 is 7.82 Å². The smallest absolute Gasteiger partial charge is 0.389 e. The molecule has 4 atom stereocenters. The van der Waals surface area contributed by atoms with E-state index in [1.54, 1.807) is 6.20 Å². The molecule has 4 unspecified atom stereocenters. The van der Waals surface area contributed by atoms with Crippen molar-refractivity contribution in [2.24, 2.45) is 0 Å². The number of anilines is 1. The first-order valence-corrected chi connectivity index (χ1v) is 8.20. The third-order valence-electron chi connectivity index (χ3n) is 3.78. The molecule has 0 radical (unpaired) electrons. The number of fused-ring (bicyclic) bond motifs is 1. The van der Waals surface area contributed by atoms with E-state index in [1.807, 2.05) is 0 Å². The van der Waals surface area contributed by atoms with Crippen LogP contribution in [0.3, 0.4) is 0 Å².